The van der Waals surface area contributed by atoms with E-state index in [0.29, 0.717) is 0 Å². The fourth-order valence-corrected chi connectivity index (χ4v) is 2.80. The Bertz CT molecular complexity index is 592. The Kier molecular flexibility index (Phi) is 7.27. The van der Waals surface area contributed by atoms with Gasteiger partial charge < -0.3 is 4.90 Å². The molecule has 0 saturated carbocycles. The largest absolute Gasteiger partial charge is 0.341 e. The topological polar surface area (TPSA) is 3.24 Å². The normalized spacial score (nSPS) is 10.3. The zero-order valence-corrected chi connectivity index (χ0v) is 14.2. The minimum atomic E-state index is 0.932. The number of para-hydroxylation sites is 1. The first-order valence-corrected chi connectivity index (χ1v) is 8.74. The lowest BCUT2D eigenvalue weighted by Gasteiger charge is -2.25. The second-order valence-electron chi connectivity index (χ2n) is 5.95. The average Bonchev–Trinajstić information content (AvgIpc) is 2.62. The van der Waals surface area contributed by atoms with Crippen molar-refractivity contribution in [3.05, 3.63) is 60.2 Å². The Hall–Kier alpha value is -2.20. The van der Waals surface area contributed by atoms with Gasteiger partial charge in [-0.2, -0.15) is 0 Å². The molecule has 1 nitrogen and oxygen atoms in total. The number of unbranched alkanes of at least 4 members (excludes halogenated alkanes) is 5. The molecule has 0 saturated heterocycles. The Morgan fingerprint density at radius 3 is 2.04 bits per heavy atom. The summed E-state index contributed by atoms with van der Waals surface area (Å²) in [7, 11) is 0. The summed E-state index contributed by atoms with van der Waals surface area (Å²) in [5.41, 5.74) is 3.39. The van der Waals surface area contributed by atoms with E-state index < -0.39 is 0 Å². The molecule has 1 heteroatoms. The lowest BCUT2D eigenvalue weighted by atomic mass is 10.1. The van der Waals surface area contributed by atoms with E-state index >= 15 is 0 Å². The summed E-state index contributed by atoms with van der Waals surface area (Å²) < 4.78 is 0. The zero-order chi connectivity index (χ0) is 16.3. The molecule has 0 unspecified atom stereocenters. The standard InChI is InChI=1S/C22H27N/c1-3-5-6-7-8-12-19-23(21-13-10-9-11-14-21)22-17-15-20(4-2)16-18-22/h2,9-11,13-18H,3,5-8,12,19H2,1H3. The van der Waals surface area contributed by atoms with Crippen molar-refractivity contribution in [1.82, 2.24) is 0 Å². The fraction of sp³-hybridized carbons (Fsp3) is 0.364. The molecule has 0 fully saturated rings. The van der Waals surface area contributed by atoms with Gasteiger partial charge in [0, 0.05) is 23.5 Å². The van der Waals surface area contributed by atoms with Crippen LogP contribution in [-0.4, -0.2) is 6.54 Å². The zero-order valence-electron chi connectivity index (χ0n) is 14.2. The molecule has 0 aromatic heterocycles. The molecule has 0 atom stereocenters. The van der Waals surface area contributed by atoms with Gasteiger partial charge >= 0.3 is 0 Å². The molecule has 0 aliphatic rings. The van der Waals surface area contributed by atoms with E-state index in [1.807, 2.05) is 12.1 Å². The number of terminal acetylenes is 1. The molecule has 0 radical (unpaired) electrons. The number of nitrogens with zero attached hydrogens (tertiary/aromatic N) is 1. The molecule has 0 heterocycles. The molecule has 0 amide bonds. The molecule has 2 aromatic rings. The van der Waals surface area contributed by atoms with Crippen LogP contribution in [0.25, 0.3) is 0 Å². The second kappa shape index (κ2) is 9.74. The number of anilines is 2. The summed E-state index contributed by atoms with van der Waals surface area (Å²) in [5, 5.41) is 0. The number of hydrogen-bond acceptors (Lipinski definition) is 1. The lowest BCUT2D eigenvalue weighted by Crippen LogP contribution is -2.18. The SMILES string of the molecule is C#Cc1ccc(N(CCCCCCCC)c2ccccc2)cc1. The van der Waals surface area contributed by atoms with E-state index in [4.69, 9.17) is 6.42 Å². The monoisotopic (exact) mass is 305 g/mol. The van der Waals surface area contributed by atoms with E-state index in [-0.39, 0.29) is 0 Å². The summed E-state index contributed by atoms with van der Waals surface area (Å²) in [6.45, 7) is 3.31. The molecule has 0 bridgehead atoms. The minimum absolute atomic E-state index is 0.932. The van der Waals surface area contributed by atoms with Crippen molar-refractivity contribution in [1.29, 1.82) is 0 Å². The van der Waals surface area contributed by atoms with Crippen LogP contribution in [0.1, 0.15) is 51.0 Å². The van der Waals surface area contributed by atoms with E-state index in [2.05, 4.69) is 60.2 Å². The van der Waals surface area contributed by atoms with Gasteiger partial charge in [-0.25, -0.2) is 0 Å². The molecular weight excluding hydrogens is 278 g/mol. The van der Waals surface area contributed by atoms with Gasteiger partial charge in [-0.05, 0) is 42.8 Å². The molecule has 0 N–H and O–H groups in total. The highest BCUT2D eigenvalue weighted by molar-refractivity contribution is 5.63. The highest BCUT2D eigenvalue weighted by Crippen LogP contribution is 2.26. The van der Waals surface area contributed by atoms with Gasteiger partial charge in [0.25, 0.3) is 0 Å². The van der Waals surface area contributed by atoms with Gasteiger partial charge in [0.15, 0.2) is 0 Å². The van der Waals surface area contributed by atoms with E-state index in [1.165, 1.54) is 49.9 Å². The van der Waals surface area contributed by atoms with Crippen molar-refractivity contribution in [3.8, 4) is 12.3 Å². The van der Waals surface area contributed by atoms with Gasteiger partial charge in [0.05, 0.1) is 0 Å². The fourth-order valence-electron chi connectivity index (χ4n) is 2.80. The Morgan fingerprint density at radius 1 is 0.783 bits per heavy atom. The summed E-state index contributed by atoms with van der Waals surface area (Å²) in [5.74, 6) is 2.69. The van der Waals surface area contributed by atoms with E-state index in [0.717, 1.165) is 12.1 Å². The van der Waals surface area contributed by atoms with Gasteiger partial charge in [-0.1, -0.05) is 63.1 Å². The first kappa shape index (κ1) is 17.2. The Balaban J connectivity index is 2.02. The quantitative estimate of drug-likeness (QED) is 0.396. The van der Waals surface area contributed by atoms with Gasteiger partial charge in [0.1, 0.15) is 0 Å². The third kappa shape index (κ3) is 5.49. The molecule has 0 aliphatic heterocycles. The van der Waals surface area contributed by atoms with Gasteiger partial charge in [-0.15, -0.1) is 6.42 Å². The maximum Gasteiger partial charge on any atom is 0.0411 e. The van der Waals surface area contributed by atoms with Crippen molar-refractivity contribution in [2.24, 2.45) is 0 Å². The summed E-state index contributed by atoms with van der Waals surface area (Å²) >= 11 is 0. The predicted molar refractivity (Wildman–Crippen MR) is 101 cm³/mol. The molecule has 2 aromatic carbocycles. The highest BCUT2D eigenvalue weighted by atomic mass is 15.1. The van der Waals surface area contributed by atoms with Crippen molar-refractivity contribution < 1.29 is 0 Å². The van der Waals surface area contributed by atoms with Crippen molar-refractivity contribution in [2.45, 2.75) is 45.4 Å². The predicted octanol–water partition coefficient (Wildman–Crippen LogP) is 6.17. The molecule has 23 heavy (non-hydrogen) atoms. The van der Waals surface area contributed by atoms with Crippen LogP contribution in [0, 0.1) is 12.3 Å². The maximum atomic E-state index is 5.46. The molecule has 2 rings (SSSR count). The van der Waals surface area contributed by atoms with Crippen molar-refractivity contribution >= 4 is 11.4 Å². The van der Waals surface area contributed by atoms with Crippen LogP contribution in [0.5, 0.6) is 0 Å². The number of hydrogen-bond donors (Lipinski definition) is 0. The van der Waals surface area contributed by atoms with Crippen LogP contribution >= 0.6 is 0 Å². The van der Waals surface area contributed by atoms with Crippen LogP contribution in [-0.2, 0) is 0 Å². The van der Waals surface area contributed by atoms with Crippen LogP contribution in [0.15, 0.2) is 54.6 Å². The molecule has 0 spiro atoms. The van der Waals surface area contributed by atoms with Crippen molar-refractivity contribution in [3.63, 3.8) is 0 Å². The summed E-state index contributed by atoms with van der Waals surface area (Å²) in [4.78, 5) is 2.39. The van der Waals surface area contributed by atoms with Crippen LogP contribution in [0.2, 0.25) is 0 Å². The third-order valence-electron chi connectivity index (χ3n) is 4.15. The van der Waals surface area contributed by atoms with Gasteiger partial charge in [0.2, 0.25) is 0 Å². The number of rotatable bonds is 9. The van der Waals surface area contributed by atoms with Gasteiger partial charge in [-0.3, -0.25) is 0 Å². The van der Waals surface area contributed by atoms with Crippen LogP contribution in [0.4, 0.5) is 11.4 Å². The van der Waals surface area contributed by atoms with Crippen LogP contribution < -0.4 is 4.90 Å². The Labute approximate surface area is 141 Å². The molecular formula is C22H27N. The smallest absolute Gasteiger partial charge is 0.0411 e. The first-order valence-electron chi connectivity index (χ1n) is 8.74. The van der Waals surface area contributed by atoms with E-state index in [9.17, 15) is 0 Å². The highest BCUT2D eigenvalue weighted by Gasteiger charge is 2.08. The summed E-state index contributed by atoms with van der Waals surface area (Å²) in [6.07, 6.45) is 13.3. The average molecular weight is 305 g/mol. The minimum Gasteiger partial charge on any atom is -0.341 e. The number of benzene rings is 2. The molecule has 0 aliphatic carbocycles. The summed E-state index contributed by atoms with van der Waals surface area (Å²) in [6, 6.07) is 18.9. The third-order valence-corrected chi connectivity index (χ3v) is 4.15. The van der Waals surface area contributed by atoms with Crippen molar-refractivity contribution in [2.75, 3.05) is 11.4 Å². The Morgan fingerprint density at radius 2 is 1.39 bits per heavy atom. The molecule has 120 valence electrons. The van der Waals surface area contributed by atoms with E-state index in [1.54, 1.807) is 0 Å². The lowest BCUT2D eigenvalue weighted by molar-refractivity contribution is 0.609. The second-order valence-corrected chi connectivity index (χ2v) is 5.95. The first-order chi connectivity index (χ1) is 11.3. The maximum absolute atomic E-state index is 5.46. The van der Waals surface area contributed by atoms with Crippen LogP contribution in [0.3, 0.4) is 0 Å².